The lowest BCUT2D eigenvalue weighted by Gasteiger charge is -2.30. The second-order valence-corrected chi connectivity index (χ2v) is 15.7. The highest BCUT2D eigenvalue weighted by Gasteiger charge is 2.37. The van der Waals surface area contributed by atoms with Gasteiger partial charge in [-0.05, 0) is 76.5 Å². The van der Waals surface area contributed by atoms with E-state index in [4.69, 9.17) is 21.3 Å². The van der Waals surface area contributed by atoms with Gasteiger partial charge in [0.25, 0.3) is 0 Å². The summed E-state index contributed by atoms with van der Waals surface area (Å²) < 4.78 is 6.74. The molecule has 0 saturated heterocycles. The third-order valence-corrected chi connectivity index (χ3v) is 11.3. The third kappa shape index (κ3) is 10.4. The van der Waals surface area contributed by atoms with Crippen LogP contribution in [0.15, 0.2) is 42.5 Å². The summed E-state index contributed by atoms with van der Waals surface area (Å²) in [4.78, 5) is 61.9. The summed E-state index contributed by atoms with van der Waals surface area (Å²) in [6.45, 7) is 3.21. The van der Waals surface area contributed by atoms with Crippen molar-refractivity contribution in [3.05, 3.63) is 58.1 Å². The number of hydrogen-bond donors (Lipinski definition) is 2. The van der Waals surface area contributed by atoms with Crippen LogP contribution in [0.4, 0.5) is 0 Å². The lowest BCUT2D eigenvalue weighted by Crippen LogP contribution is -2.49. The van der Waals surface area contributed by atoms with E-state index >= 15 is 0 Å². The fraction of sp³-hybridized carbons (Fsp3) is 0.564. The van der Waals surface area contributed by atoms with Crippen LogP contribution in [0.3, 0.4) is 0 Å². The molecule has 2 N–H and O–H groups in total. The van der Waals surface area contributed by atoms with Crippen molar-refractivity contribution in [1.82, 2.24) is 20.5 Å². The Bertz CT molecular complexity index is 1640. The van der Waals surface area contributed by atoms with Gasteiger partial charge in [0.05, 0.1) is 39.8 Å². The van der Waals surface area contributed by atoms with Crippen molar-refractivity contribution < 1.29 is 23.9 Å². The standard InChI is InChI=1S/C39H51ClN4O5S/c1-4-29(45)21-27(23-36-41-32-17-16-28(40)24-35(32)50-36)39(48)43-37(25-11-5-6-12-25)33(46)22-26(13-9-10-19-44(2)3)38(47)42-31-18-20-49-34-15-8-7-14-30(31)34/h7-8,14-17,24-27,31,37H,4-6,9-13,18-23H2,1-3H3,(H,42,47)(H,43,48)/t26-,27+,31-,37+/m1/s1. The number of para-hydroxylation sites is 1. The summed E-state index contributed by atoms with van der Waals surface area (Å²) in [6.07, 6.45) is 7.38. The number of thiazole rings is 1. The Kier molecular flexibility index (Phi) is 13.8. The number of carbonyl (C=O) groups excluding carboxylic acids is 4. The molecule has 9 nitrogen and oxygen atoms in total. The minimum atomic E-state index is -0.709. The number of aromatic nitrogens is 1. The van der Waals surface area contributed by atoms with Crippen LogP contribution in [-0.4, -0.2) is 66.6 Å². The van der Waals surface area contributed by atoms with Gasteiger partial charge < -0.3 is 20.3 Å². The molecule has 2 aromatic carbocycles. The molecule has 1 fully saturated rings. The fourth-order valence-corrected chi connectivity index (χ4v) is 8.56. The first-order chi connectivity index (χ1) is 24.1. The molecule has 0 radical (unpaired) electrons. The number of Topliss-reactive ketones (excluding diaryl/α,β-unsaturated/α-hetero) is 2. The van der Waals surface area contributed by atoms with Gasteiger partial charge in [-0.1, -0.05) is 56.0 Å². The number of fused-ring (bicyclic) bond motifs is 2. The van der Waals surface area contributed by atoms with E-state index in [0.29, 0.717) is 37.3 Å². The van der Waals surface area contributed by atoms with E-state index in [1.165, 1.54) is 11.3 Å². The third-order valence-electron chi connectivity index (χ3n) is 10.1. The number of benzene rings is 2. The summed E-state index contributed by atoms with van der Waals surface area (Å²) in [5, 5.41) is 7.74. The SMILES string of the molecule is CCC(=O)C[C@@H](Cc1nc2ccc(Cl)cc2s1)C(=O)N[C@H](C(=O)C[C@@H](CCCCN(C)C)C(=O)N[C@@H]1CCOc2ccccc21)C1CCCC1. The highest BCUT2D eigenvalue weighted by molar-refractivity contribution is 7.18. The summed E-state index contributed by atoms with van der Waals surface area (Å²) in [7, 11) is 4.05. The number of ketones is 2. The Balaban J connectivity index is 1.33. The lowest BCUT2D eigenvalue weighted by atomic mass is 9.86. The number of rotatable bonds is 18. The molecule has 1 aliphatic carbocycles. The molecule has 2 aliphatic rings. The molecule has 270 valence electrons. The van der Waals surface area contributed by atoms with Crippen LogP contribution in [-0.2, 0) is 25.6 Å². The van der Waals surface area contributed by atoms with Crippen molar-refractivity contribution in [1.29, 1.82) is 0 Å². The van der Waals surface area contributed by atoms with Gasteiger partial charge in [0.15, 0.2) is 5.78 Å². The van der Waals surface area contributed by atoms with E-state index in [9.17, 15) is 19.2 Å². The van der Waals surface area contributed by atoms with Gasteiger partial charge >= 0.3 is 0 Å². The number of carbonyl (C=O) groups is 4. The summed E-state index contributed by atoms with van der Waals surface area (Å²) in [5.74, 6) is -0.969. The zero-order valence-electron chi connectivity index (χ0n) is 29.5. The number of nitrogens with one attached hydrogen (secondary N) is 2. The summed E-state index contributed by atoms with van der Waals surface area (Å²) in [6, 6.07) is 12.4. The first-order valence-corrected chi connectivity index (χ1v) is 19.4. The van der Waals surface area contributed by atoms with Gasteiger partial charge in [0, 0.05) is 48.6 Å². The molecule has 50 heavy (non-hydrogen) atoms. The maximum atomic E-state index is 14.3. The fourth-order valence-electron chi connectivity index (χ4n) is 7.24. The van der Waals surface area contributed by atoms with Gasteiger partial charge in [-0.15, -0.1) is 11.3 Å². The molecule has 4 atom stereocenters. The van der Waals surface area contributed by atoms with Gasteiger partial charge in [-0.3, -0.25) is 19.2 Å². The topological polar surface area (TPSA) is 118 Å². The van der Waals surface area contributed by atoms with E-state index in [2.05, 4.69) is 15.5 Å². The Labute approximate surface area is 304 Å². The van der Waals surface area contributed by atoms with Crippen LogP contribution in [0.25, 0.3) is 10.2 Å². The highest BCUT2D eigenvalue weighted by Crippen LogP contribution is 2.34. The Morgan fingerprint density at radius 3 is 2.54 bits per heavy atom. The highest BCUT2D eigenvalue weighted by atomic mass is 35.5. The first-order valence-electron chi connectivity index (χ1n) is 18.2. The van der Waals surface area contributed by atoms with Crippen LogP contribution in [0.1, 0.15) is 94.2 Å². The van der Waals surface area contributed by atoms with Crippen molar-refractivity contribution in [3.8, 4) is 5.75 Å². The van der Waals surface area contributed by atoms with E-state index in [-0.39, 0.29) is 48.2 Å². The monoisotopic (exact) mass is 722 g/mol. The number of hydrogen-bond acceptors (Lipinski definition) is 8. The molecule has 11 heteroatoms. The molecule has 0 spiro atoms. The summed E-state index contributed by atoms with van der Waals surface area (Å²) >= 11 is 7.67. The molecule has 1 saturated carbocycles. The smallest absolute Gasteiger partial charge is 0.224 e. The van der Waals surface area contributed by atoms with Gasteiger partial charge in [-0.2, -0.15) is 0 Å². The predicted octanol–water partition coefficient (Wildman–Crippen LogP) is 7.10. The average Bonchev–Trinajstić information content (AvgIpc) is 3.78. The van der Waals surface area contributed by atoms with Crippen molar-refractivity contribution in [2.24, 2.45) is 17.8 Å². The molecular formula is C39H51ClN4O5S. The Hall–Kier alpha value is -3.34. The largest absolute Gasteiger partial charge is 0.493 e. The minimum Gasteiger partial charge on any atom is -0.493 e. The van der Waals surface area contributed by atoms with E-state index in [1.807, 2.05) is 50.5 Å². The number of nitrogens with zero attached hydrogens (tertiary/aromatic N) is 2. The molecule has 3 aromatic rings. The van der Waals surface area contributed by atoms with Crippen molar-refractivity contribution in [2.45, 2.75) is 96.1 Å². The van der Waals surface area contributed by atoms with Crippen LogP contribution in [0, 0.1) is 17.8 Å². The summed E-state index contributed by atoms with van der Waals surface area (Å²) in [5.41, 5.74) is 1.75. The van der Waals surface area contributed by atoms with Crippen LogP contribution < -0.4 is 15.4 Å². The molecule has 0 unspecified atom stereocenters. The van der Waals surface area contributed by atoms with Crippen molar-refractivity contribution >= 4 is 56.5 Å². The maximum absolute atomic E-state index is 14.3. The molecule has 2 amide bonds. The van der Waals surface area contributed by atoms with E-state index in [0.717, 1.165) is 71.6 Å². The van der Waals surface area contributed by atoms with E-state index < -0.39 is 17.9 Å². The quantitative estimate of drug-likeness (QED) is 0.135. The number of unbranched alkanes of at least 4 members (excludes halogenated alkanes) is 1. The average molecular weight is 723 g/mol. The second kappa shape index (κ2) is 18.2. The van der Waals surface area contributed by atoms with Gasteiger partial charge in [0.2, 0.25) is 11.8 Å². The normalized spacial score (nSPS) is 17.9. The number of halogens is 1. The van der Waals surface area contributed by atoms with Crippen LogP contribution in [0.5, 0.6) is 5.75 Å². The van der Waals surface area contributed by atoms with Crippen LogP contribution >= 0.6 is 22.9 Å². The van der Waals surface area contributed by atoms with Gasteiger partial charge in [-0.25, -0.2) is 4.98 Å². The number of ether oxygens (including phenoxy) is 1. The molecular weight excluding hydrogens is 672 g/mol. The first kappa shape index (κ1) is 37.9. The van der Waals surface area contributed by atoms with Crippen LogP contribution in [0.2, 0.25) is 5.02 Å². The number of amides is 2. The molecule has 1 aromatic heterocycles. The zero-order chi connectivity index (χ0) is 35.6. The van der Waals surface area contributed by atoms with Gasteiger partial charge in [0.1, 0.15) is 11.5 Å². The lowest BCUT2D eigenvalue weighted by molar-refractivity contribution is -0.135. The Morgan fingerprint density at radius 1 is 1.00 bits per heavy atom. The van der Waals surface area contributed by atoms with Crippen molar-refractivity contribution in [2.75, 3.05) is 27.2 Å². The minimum absolute atomic E-state index is 0.00149. The zero-order valence-corrected chi connectivity index (χ0v) is 31.1. The second-order valence-electron chi connectivity index (χ2n) is 14.2. The molecule has 2 heterocycles. The maximum Gasteiger partial charge on any atom is 0.224 e. The Morgan fingerprint density at radius 2 is 1.78 bits per heavy atom. The van der Waals surface area contributed by atoms with E-state index in [1.54, 1.807) is 13.0 Å². The molecule has 1 aliphatic heterocycles. The molecule has 0 bridgehead atoms. The van der Waals surface area contributed by atoms with Crippen molar-refractivity contribution in [3.63, 3.8) is 0 Å². The predicted molar refractivity (Wildman–Crippen MR) is 199 cm³/mol. The molecule has 5 rings (SSSR count).